The largest absolute Gasteiger partial charge is 0.508 e. The number of phenolic OH excluding ortho intramolecular Hbond substituents is 1. The molecule has 10 atom stereocenters. The van der Waals surface area contributed by atoms with Gasteiger partial charge in [-0.25, -0.2) is 0 Å². The lowest BCUT2D eigenvalue weighted by Gasteiger charge is -2.51. The molecule has 7 nitrogen and oxygen atoms in total. The maximum absolute atomic E-state index is 10.4. The van der Waals surface area contributed by atoms with Crippen molar-refractivity contribution >= 4 is 0 Å². The maximum atomic E-state index is 10.4. The minimum absolute atomic E-state index is 0.0472. The lowest BCUT2D eigenvalue weighted by Crippen LogP contribution is -2.60. The van der Waals surface area contributed by atoms with E-state index in [-0.39, 0.29) is 11.5 Å². The molecule has 31 heavy (non-hydrogen) atoms. The van der Waals surface area contributed by atoms with Crippen LogP contribution in [0.5, 0.6) is 5.75 Å². The topological polar surface area (TPSA) is 120 Å². The molecule has 3 fully saturated rings. The Balaban J connectivity index is 1.33. The van der Waals surface area contributed by atoms with Crippen LogP contribution in [0.2, 0.25) is 0 Å². The first-order valence-corrected chi connectivity index (χ1v) is 11.6. The van der Waals surface area contributed by atoms with Crippen molar-refractivity contribution in [2.24, 2.45) is 17.3 Å². The number of fused-ring (bicyclic) bond motifs is 5. The fourth-order valence-corrected chi connectivity index (χ4v) is 7.09. The maximum Gasteiger partial charge on any atom is 0.186 e. The molecule has 0 bridgehead atoms. The Morgan fingerprint density at radius 1 is 1.06 bits per heavy atom. The molecule has 3 aliphatic carbocycles. The van der Waals surface area contributed by atoms with E-state index in [2.05, 4.69) is 13.0 Å². The molecule has 1 aromatic carbocycles. The first-order valence-electron chi connectivity index (χ1n) is 11.6. The van der Waals surface area contributed by atoms with E-state index in [4.69, 9.17) is 9.47 Å². The van der Waals surface area contributed by atoms with Gasteiger partial charge in [-0.05, 0) is 85.0 Å². The zero-order chi connectivity index (χ0) is 21.9. The third-order valence-electron chi connectivity index (χ3n) is 8.77. The summed E-state index contributed by atoms with van der Waals surface area (Å²) < 4.78 is 11.9. The highest BCUT2D eigenvalue weighted by atomic mass is 16.7. The molecule has 0 unspecified atom stereocenters. The molecule has 0 aromatic heterocycles. The Labute approximate surface area is 182 Å². The average Bonchev–Trinajstić information content (AvgIpc) is 3.09. The molecule has 1 heterocycles. The average molecular weight is 435 g/mol. The van der Waals surface area contributed by atoms with Crippen LogP contribution in [-0.2, 0) is 15.9 Å². The number of aromatic hydroxyl groups is 1. The molecule has 172 valence electrons. The van der Waals surface area contributed by atoms with Gasteiger partial charge in [-0.15, -0.1) is 0 Å². The minimum Gasteiger partial charge on any atom is -0.508 e. The van der Waals surface area contributed by atoms with Crippen molar-refractivity contribution in [2.45, 2.75) is 88.2 Å². The molecule has 2 saturated carbocycles. The van der Waals surface area contributed by atoms with Crippen molar-refractivity contribution in [3.05, 3.63) is 29.3 Å². The van der Waals surface area contributed by atoms with Gasteiger partial charge in [0.1, 0.15) is 30.2 Å². The number of phenols is 1. The van der Waals surface area contributed by atoms with Gasteiger partial charge in [0.15, 0.2) is 6.29 Å². The standard InChI is InChI=1S/C24H34O7/c1-24-9-8-15-14-5-3-13(26)10-12(14)2-4-16(15)17(24)6-7-19(24)31-23-22(29)21(28)20(27)18(11-25)30-23/h3,5,10,15-23,25-29H,2,4,6-9,11H2,1H3/t15-,16-,17+,18-,19-,20-,21+,22-,23+,24+/m1/s1. The van der Waals surface area contributed by atoms with E-state index in [1.807, 2.05) is 6.07 Å². The highest BCUT2D eigenvalue weighted by molar-refractivity contribution is 5.40. The van der Waals surface area contributed by atoms with E-state index in [1.54, 1.807) is 6.07 Å². The molecule has 7 heteroatoms. The van der Waals surface area contributed by atoms with Gasteiger partial charge in [0, 0.05) is 0 Å². The second-order valence-electron chi connectivity index (χ2n) is 10.2. The van der Waals surface area contributed by atoms with Crippen LogP contribution in [-0.4, -0.2) is 68.9 Å². The van der Waals surface area contributed by atoms with Crippen LogP contribution in [0.1, 0.15) is 56.1 Å². The molecule has 4 aliphatic rings. The van der Waals surface area contributed by atoms with E-state index in [0.29, 0.717) is 23.5 Å². The van der Waals surface area contributed by atoms with Crippen LogP contribution in [0, 0.1) is 17.3 Å². The van der Waals surface area contributed by atoms with Gasteiger partial charge in [0.25, 0.3) is 0 Å². The highest BCUT2D eigenvalue weighted by Gasteiger charge is 2.57. The molecular weight excluding hydrogens is 400 g/mol. The molecule has 1 aliphatic heterocycles. The molecule has 5 rings (SSSR count). The van der Waals surface area contributed by atoms with Gasteiger partial charge in [-0.2, -0.15) is 0 Å². The van der Waals surface area contributed by atoms with Crippen LogP contribution >= 0.6 is 0 Å². The molecule has 0 spiro atoms. The summed E-state index contributed by atoms with van der Waals surface area (Å²) in [5.41, 5.74) is 2.61. The summed E-state index contributed by atoms with van der Waals surface area (Å²) >= 11 is 0. The smallest absolute Gasteiger partial charge is 0.186 e. The zero-order valence-corrected chi connectivity index (χ0v) is 17.9. The number of aliphatic hydroxyl groups is 4. The van der Waals surface area contributed by atoms with Crippen molar-refractivity contribution in [1.82, 2.24) is 0 Å². The number of benzene rings is 1. The van der Waals surface area contributed by atoms with Crippen LogP contribution in [0.3, 0.4) is 0 Å². The van der Waals surface area contributed by atoms with Crippen LogP contribution in [0.25, 0.3) is 0 Å². The van der Waals surface area contributed by atoms with Crippen LogP contribution in [0.15, 0.2) is 18.2 Å². The van der Waals surface area contributed by atoms with Crippen molar-refractivity contribution in [3.63, 3.8) is 0 Å². The van der Waals surface area contributed by atoms with Crippen molar-refractivity contribution in [1.29, 1.82) is 0 Å². The minimum atomic E-state index is -1.41. The molecule has 0 amide bonds. The van der Waals surface area contributed by atoms with E-state index in [1.165, 1.54) is 11.1 Å². The van der Waals surface area contributed by atoms with E-state index < -0.39 is 37.3 Å². The highest BCUT2D eigenvalue weighted by Crippen LogP contribution is 2.61. The predicted octanol–water partition coefficient (Wildman–Crippen LogP) is 1.43. The third-order valence-corrected chi connectivity index (χ3v) is 8.77. The number of hydrogen-bond acceptors (Lipinski definition) is 7. The van der Waals surface area contributed by atoms with E-state index >= 15 is 0 Å². The second-order valence-corrected chi connectivity index (χ2v) is 10.2. The van der Waals surface area contributed by atoms with Gasteiger partial charge in [0.05, 0.1) is 12.7 Å². The lowest BCUT2D eigenvalue weighted by molar-refractivity contribution is -0.319. The fraction of sp³-hybridized carbons (Fsp3) is 0.750. The summed E-state index contributed by atoms with van der Waals surface area (Å²) in [6.07, 6.45) is -0.206. The van der Waals surface area contributed by atoms with E-state index in [9.17, 15) is 25.5 Å². The Bertz CT molecular complexity index is 813. The first-order chi connectivity index (χ1) is 14.8. The monoisotopic (exact) mass is 434 g/mol. The van der Waals surface area contributed by atoms with Crippen molar-refractivity contribution < 1.29 is 35.0 Å². The van der Waals surface area contributed by atoms with Crippen molar-refractivity contribution in [2.75, 3.05) is 6.61 Å². The Morgan fingerprint density at radius 2 is 1.87 bits per heavy atom. The first kappa shape index (κ1) is 21.6. The fourth-order valence-electron chi connectivity index (χ4n) is 7.09. The van der Waals surface area contributed by atoms with Gasteiger partial charge in [0.2, 0.25) is 0 Å². The SMILES string of the molecule is C[C@]12CC[C@@H]3c4ccc(O)cc4CC[C@H]3[C@@H]1CC[C@H]2O[C@@H]1O[C@H](CO)[C@@H](O)[C@H](O)[C@H]1O. The molecule has 0 radical (unpaired) electrons. The summed E-state index contributed by atoms with van der Waals surface area (Å²) in [5.74, 6) is 1.92. The van der Waals surface area contributed by atoms with Gasteiger partial charge < -0.3 is 35.0 Å². The molecule has 5 N–H and O–H groups in total. The lowest BCUT2D eigenvalue weighted by atomic mass is 9.55. The Kier molecular flexibility index (Phi) is 5.56. The van der Waals surface area contributed by atoms with Gasteiger partial charge in [-0.3, -0.25) is 0 Å². The normalized spacial score (nSPS) is 46.8. The quantitative estimate of drug-likeness (QED) is 0.488. The zero-order valence-electron chi connectivity index (χ0n) is 17.9. The van der Waals surface area contributed by atoms with Gasteiger partial charge in [-0.1, -0.05) is 13.0 Å². The number of aliphatic hydroxyl groups excluding tert-OH is 4. The van der Waals surface area contributed by atoms with Crippen molar-refractivity contribution in [3.8, 4) is 5.75 Å². The number of ether oxygens (including phenoxy) is 2. The third kappa shape index (κ3) is 3.41. The summed E-state index contributed by atoms with van der Waals surface area (Å²) in [6, 6.07) is 5.81. The Hall–Kier alpha value is -1.22. The summed E-state index contributed by atoms with van der Waals surface area (Å²) in [7, 11) is 0. The van der Waals surface area contributed by atoms with Crippen LogP contribution < -0.4 is 0 Å². The summed E-state index contributed by atoms with van der Waals surface area (Å²) in [4.78, 5) is 0. The molecule has 1 saturated heterocycles. The van der Waals surface area contributed by atoms with E-state index in [0.717, 1.165) is 38.5 Å². The second kappa shape index (κ2) is 7.97. The Morgan fingerprint density at radius 3 is 2.65 bits per heavy atom. The molecular formula is C24H34O7. The summed E-state index contributed by atoms with van der Waals surface area (Å²) in [5, 5.41) is 49.9. The molecule has 1 aromatic rings. The number of rotatable bonds is 3. The summed E-state index contributed by atoms with van der Waals surface area (Å²) in [6.45, 7) is 1.83. The van der Waals surface area contributed by atoms with Gasteiger partial charge >= 0.3 is 0 Å². The predicted molar refractivity (Wildman–Crippen MR) is 111 cm³/mol. The number of hydrogen-bond donors (Lipinski definition) is 5. The number of aryl methyl sites for hydroxylation is 1. The van der Waals surface area contributed by atoms with Crippen LogP contribution in [0.4, 0.5) is 0 Å².